The minimum absolute atomic E-state index is 0.0275. The number of hydrogen-bond donors (Lipinski definition) is 3. The topological polar surface area (TPSA) is 117 Å². The fourth-order valence-electron chi connectivity index (χ4n) is 5.10. The Kier molecular flexibility index (Phi) is 14.5. The van der Waals surface area contributed by atoms with Crippen molar-refractivity contribution in [2.75, 3.05) is 36.9 Å². The molecular formula is C35H29F17N4O5. The molecule has 0 spiro atoms. The molecule has 0 saturated heterocycles. The highest BCUT2D eigenvalue weighted by molar-refractivity contribution is 5.98. The number of ether oxygens (including phenoxy) is 1. The number of esters is 1. The Morgan fingerprint density at radius 1 is 0.689 bits per heavy atom. The monoisotopic (exact) mass is 908 g/mol. The second kappa shape index (κ2) is 17.8. The first-order valence-corrected chi connectivity index (χ1v) is 16.8. The van der Waals surface area contributed by atoms with Gasteiger partial charge in [0.25, 0.3) is 5.91 Å². The summed E-state index contributed by atoms with van der Waals surface area (Å²) in [7, 11) is 0. The maximum atomic E-state index is 14.4. The van der Waals surface area contributed by atoms with Gasteiger partial charge in [0.15, 0.2) is 0 Å². The molecule has 338 valence electrons. The summed E-state index contributed by atoms with van der Waals surface area (Å²) in [6.07, 6.45) is -8.33. The van der Waals surface area contributed by atoms with Crippen LogP contribution in [0.1, 0.15) is 28.8 Å². The minimum atomic E-state index is -8.79. The molecule has 2 aromatic carbocycles. The largest absolute Gasteiger partial charge is 0.464 e. The molecule has 1 aliphatic heterocycles. The molecule has 0 radical (unpaired) electrons. The van der Waals surface area contributed by atoms with Gasteiger partial charge in [-0.2, -0.15) is 74.6 Å². The van der Waals surface area contributed by atoms with Crippen LogP contribution in [-0.4, -0.2) is 103 Å². The molecule has 1 aliphatic rings. The highest BCUT2D eigenvalue weighted by Crippen LogP contribution is 2.64. The predicted molar refractivity (Wildman–Crippen MR) is 177 cm³/mol. The lowest BCUT2D eigenvalue weighted by Gasteiger charge is -2.42. The van der Waals surface area contributed by atoms with Gasteiger partial charge in [0.1, 0.15) is 6.54 Å². The van der Waals surface area contributed by atoms with Crippen LogP contribution in [0.2, 0.25) is 0 Å². The van der Waals surface area contributed by atoms with Gasteiger partial charge in [-0.1, -0.05) is 36.9 Å². The Morgan fingerprint density at radius 3 is 1.82 bits per heavy atom. The fraction of sp³-hybridized carbons (Fsp3) is 0.429. The number of fused-ring (bicyclic) bond motifs is 4. The molecule has 9 nitrogen and oxygen atoms in total. The van der Waals surface area contributed by atoms with Crippen molar-refractivity contribution in [3.63, 3.8) is 0 Å². The zero-order valence-electron chi connectivity index (χ0n) is 30.3. The van der Waals surface area contributed by atoms with Crippen molar-refractivity contribution >= 4 is 35.2 Å². The van der Waals surface area contributed by atoms with Crippen LogP contribution in [0.15, 0.2) is 72.8 Å². The maximum Gasteiger partial charge on any atom is 0.460 e. The van der Waals surface area contributed by atoms with E-state index in [1.165, 1.54) is 24.3 Å². The van der Waals surface area contributed by atoms with Crippen LogP contribution in [0.3, 0.4) is 0 Å². The van der Waals surface area contributed by atoms with Gasteiger partial charge in [0.05, 0.1) is 13.0 Å². The van der Waals surface area contributed by atoms with E-state index in [1.54, 1.807) is 24.3 Å². The summed E-state index contributed by atoms with van der Waals surface area (Å²) >= 11 is 0. The molecule has 2 aromatic rings. The average Bonchev–Trinajstić information content (AvgIpc) is 3.14. The Balaban J connectivity index is 1.82. The Labute approximate surface area is 331 Å². The summed E-state index contributed by atoms with van der Waals surface area (Å²) in [5.74, 6) is -61.3. The van der Waals surface area contributed by atoms with Gasteiger partial charge in [-0.25, -0.2) is 4.79 Å². The second-order valence-electron chi connectivity index (χ2n) is 13.0. The molecule has 3 rings (SSSR count). The highest BCUT2D eigenvalue weighted by atomic mass is 19.4. The number of nitrogens with one attached hydrogen (secondary N) is 3. The fourth-order valence-corrected chi connectivity index (χ4v) is 5.10. The number of alkyl halides is 17. The van der Waals surface area contributed by atoms with Gasteiger partial charge in [-0.3, -0.25) is 14.4 Å². The molecule has 0 aromatic heterocycles. The van der Waals surface area contributed by atoms with Gasteiger partial charge >= 0.3 is 59.6 Å². The van der Waals surface area contributed by atoms with Gasteiger partial charge in [0.2, 0.25) is 5.91 Å². The van der Waals surface area contributed by atoms with Crippen LogP contribution >= 0.6 is 0 Å². The van der Waals surface area contributed by atoms with E-state index in [2.05, 4.69) is 27.3 Å². The minimum Gasteiger partial charge on any atom is -0.464 e. The summed E-state index contributed by atoms with van der Waals surface area (Å²) in [6, 6.07) is 10.6. The number of amides is 4. The van der Waals surface area contributed by atoms with E-state index >= 15 is 0 Å². The number of anilines is 2. The Bertz CT molecular complexity index is 2000. The standard InChI is InChI=1S/C35H29F17N4O5/c1-19-5-4-13-53-27(60)55-22-8-2-6-20(15-22)10-11-24(57)54-23-9-3-7-21(16-23)26(59)56(17-19)18-25(58)61-14-12-28(36,37)29(38,39)30(40,41)31(42,43)32(44,45)33(46,47)34(48,49)35(50,51)52/h2-9,15-16H,1,10-14,17-18H2,(H,54,57)(H2,53,55,60)/b5-4-. The quantitative estimate of drug-likeness (QED) is 0.154. The molecule has 0 atom stereocenters. The third kappa shape index (κ3) is 10.3. The Hall–Kier alpha value is -5.59. The van der Waals surface area contributed by atoms with Crippen molar-refractivity contribution in [2.24, 2.45) is 0 Å². The summed E-state index contributed by atoms with van der Waals surface area (Å²) in [4.78, 5) is 51.7. The van der Waals surface area contributed by atoms with E-state index in [-0.39, 0.29) is 36.2 Å². The average molecular weight is 909 g/mol. The third-order valence-corrected chi connectivity index (χ3v) is 8.42. The summed E-state index contributed by atoms with van der Waals surface area (Å²) in [5.41, 5.74) is 0.715. The molecule has 0 fully saturated rings. The first-order valence-electron chi connectivity index (χ1n) is 16.8. The number of urea groups is 1. The summed E-state index contributed by atoms with van der Waals surface area (Å²) in [5, 5.41) is 7.50. The molecule has 0 aliphatic carbocycles. The molecule has 4 amide bonds. The van der Waals surface area contributed by atoms with Crippen molar-refractivity contribution in [3.05, 3.63) is 84.0 Å². The van der Waals surface area contributed by atoms with Crippen molar-refractivity contribution < 1.29 is 98.6 Å². The van der Waals surface area contributed by atoms with Gasteiger partial charge in [-0.05, 0) is 47.9 Å². The highest BCUT2D eigenvalue weighted by Gasteiger charge is 2.95. The van der Waals surface area contributed by atoms with Gasteiger partial charge in [-0.15, -0.1) is 0 Å². The molecule has 61 heavy (non-hydrogen) atoms. The van der Waals surface area contributed by atoms with Crippen LogP contribution in [0, 0.1) is 0 Å². The second-order valence-corrected chi connectivity index (χ2v) is 13.0. The van der Waals surface area contributed by atoms with E-state index in [0.29, 0.717) is 16.2 Å². The number of carbonyl (C=O) groups excluding carboxylic acids is 4. The maximum absolute atomic E-state index is 14.4. The molecule has 0 saturated carbocycles. The normalized spacial score (nSPS) is 16.9. The molecular weight excluding hydrogens is 879 g/mol. The van der Waals surface area contributed by atoms with Crippen molar-refractivity contribution in [1.29, 1.82) is 0 Å². The Morgan fingerprint density at radius 2 is 1.23 bits per heavy atom. The smallest absolute Gasteiger partial charge is 0.460 e. The lowest BCUT2D eigenvalue weighted by molar-refractivity contribution is -0.461. The molecule has 1 heterocycles. The van der Waals surface area contributed by atoms with Crippen molar-refractivity contribution in [3.8, 4) is 0 Å². The van der Waals surface area contributed by atoms with E-state index in [4.69, 9.17) is 0 Å². The lowest BCUT2D eigenvalue weighted by atomic mass is 9.88. The number of benzene rings is 2. The van der Waals surface area contributed by atoms with Crippen LogP contribution in [-0.2, 0) is 20.7 Å². The van der Waals surface area contributed by atoms with Crippen LogP contribution in [0.4, 0.5) is 90.8 Å². The lowest BCUT2D eigenvalue weighted by Crippen LogP contribution is -2.74. The number of nitrogens with zero attached hydrogens (tertiary/aromatic N) is 1. The number of halogens is 17. The van der Waals surface area contributed by atoms with E-state index < -0.39 is 97.6 Å². The van der Waals surface area contributed by atoms with Gasteiger partial charge in [0, 0.05) is 36.4 Å². The summed E-state index contributed by atoms with van der Waals surface area (Å²) < 4.78 is 235. The SMILES string of the molecule is C=C1/C=C\CNC(=O)Nc2cccc(c2)CCC(=O)Nc2cccc(c2)C(=O)N(CC(=O)OCCC(F)(F)C(F)(F)C(F)(F)C(F)(F)C(F)(F)C(F)(F)C(F)(F)C(F)(F)F)C1. The molecule has 0 unspecified atom stereocenters. The predicted octanol–water partition coefficient (Wildman–Crippen LogP) is 8.89. The van der Waals surface area contributed by atoms with Crippen LogP contribution < -0.4 is 16.0 Å². The molecule has 3 N–H and O–H groups in total. The van der Waals surface area contributed by atoms with Crippen molar-refractivity contribution in [1.82, 2.24) is 10.2 Å². The van der Waals surface area contributed by atoms with Crippen LogP contribution in [0.25, 0.3) is 0 Å². The van der Waals surface area contributed by atoms with Gasteiger partial charge < -0.3 is 25.6 Å². The van der Waals surface area contributed by atoms with E-state index in [9.17, 15) is 93.8 Å². The summed E-state index contributed by atoms with van der Waals surface area (Å²) in [6.45, 7) is -0.771. The molecule has 4 bridgehead atoms. The zero-order chi connectivity index (χ0) is 46.6. The zero-order valence-corrected chi connectivity index (χ0v) is 30.3. The third-order valence-electron chi connectivity index (χ3n) is 8.42. The number of aryl methyl sites for hydroxylation is 1. The first kappa shape index (κ1) is 49.8. The van der Waals surface area contributed by atoms with E-state index in [0.717, 1.165) is 12.1 Å². The number of rotatable bonds is 11. The van der Waals surface area contributed by atoms with Crippen LogP contribution in [0.5, 0.6) is 0 Å². The number of carbonyl (C=O) groups is 4. The first-order chi connectivity index (χ1) is 27.7. The van der Waals surface area contributed by atoms with E-state index in [1.807, 2.05) is 0 Å². The number of hydrogen-bond acceptors (Lipinski definition) is 5. The van der Waals surface area contributed by atoms with Crippen molar-refractivity contribution in [2.45, 2.75) is 66.9 Å². The molecule has 26 heteroatoms.